The molecule has 6 bridgehead atoms. The summed E-state index contributed by atoms with van der Waals surface area (Å²) >= 11 is 2.22. The van der Waals surface area contributed by atoms with Crippen LogP contribution < -0.4 is 5.32 Å². The van der Waals surface area contributed by atoms with E-state index < -0.39 is 0 Å². The zero-order valence-corrected chi connectivity index (χ0v) is 21.6. The van der Waals surface area contributed by atoms with Gasteiger partial charge in [0, 0.05) is 35.4 Å². The number of hydrogen-bond acceptors (Lipinski definition) is 3. The summed E-state index contributed by atoms with van der Waals surface area (Å²) in [6.07, 6.45) is 15.0. The summed E-state index contributed by atoms with van der Waals surface area (Å²) in [5.41, 5.74) is 9.82. The van der Waals surface area contributed by atoms with Gasteiger partial charge in [-0.15, -0.1) is 0 Å². The van der Waals surface area contributed by atoms with Crippen LogP contribution in [-0.4, -0.2) is 25.0 Å². The number of nitrogens with one attached hydrogen (secondary N) is 1. The summed E-state index contributed by atoms with van der Waals surface area (Å²) in [6, 6.07) is 15.9. The number of ether oxygens (including phenoxy) is 1. The molecule has 0 amide bonds. The van der Waals surface area contributed by atoms with Crippen molar-refractivity contribution in [3.05, 3.63) is 94.1 Å². The Morgan fingerprint density at radius 3 is 2.50 bits per heavy atom. The topological polar surface area (TPSA) is 21.3 Å². The van der Waals surface area contributed by atoms with Crippen LogP contribution in [0.3, 0.4) is 0 Å². The molecule has 0 radical (unpaired) electrons. The van der Waals surface area contributed by atoms with Crippen molar-refractivity contribution < 1.29 is 4.74 Å². The summed E-state index contributed by atoms with van der Waals surface area (Å²) in [4.78, 5) is 0. The normalized spacial score (nSPS) is 42.8. The maximum absolute atomic E-state index is 6.31. The van der Waals surface area contributed by atoms with Gasteiger partial charge in [0.2, 0.25) is 0 Å². The number of hydrogen-bond donors (Lipinski definition) is 1. The van der Waals surface area contributed by atoms with E-state index in [1.54, 1.807) is 33.4 Å². The fraction of sp³-hybridized carbons (Fsp3) is 0.515. The van der Waals surface area contributed by atoms with Crippen LogP contribution >= 0.6 is 11.8 Å². The molecule has 36 heavy (non-hydrogen) atoms. The Morgan fingerprint density at radius 1 is 0.778 bits per heavy atom. The lowest BCUT2D eigenvalue weighted by Gasteiger charge is -2.52. The van der Waals surface area contributed by atoms with Crippen molar-refractivity contribution >= 4 is 11.8 Å². The third-order valence-corrected chi connectivity index (χ3v) is 12.5. The van der Waals surface area contributed by atoms with Gasteiger partial charge in [-0.3, -0.25) is 0 Å². The summed E-state index contributed by atoms with van der Waals surface area (Å²) in [7, 11) is 0. The van der Waals surface area contributed by atoms with Gasteiger partial charge in [0.15, 0.2) is 0 Å². The first-order valence-corrected chi connectivity index (χ1v) is 15.5. The maximum atomic E-state index is 6.31. The first-order chi connectivity index (χ1) is 17.8. The lowest BCUT2D eigenvalue weighted by molar-refractivity contribution is -0.120. The minimum atomic E-state index is 0.391. The number of rotatable bonds is 2. The molecule has 12 rings (SSSR count). The largest absolute Gasteiger partial charge is 0.377 e. The molecule has 6 aliphatic heterocycles. The van der Waals surface area contributed by atoms with E-state index in [-0.39, 0.29) is 0 Å². The number of piperidine rings is 1. The molecule has 0 aromatic heterocycles. The third-order valence-electron chi connectivity index (χ3n) is 11.1. The second-order valence-corrected chi connectivity index (χ2v) is 13.8. The Balaban J connectivity index is 1.06. The number of benzene rings is 2. The predicted octanol–water partition coefficient (Wildman–Crippen LogP) is 7.13. The van der Waals surface area contributed by atoms with Crippen LogP contribution in [0.15, 0.2) is 60.7 Å². The Kier molecular flexibility index (Phi) is 4.61. The van der Waals surface area contributed by atoms with E-state index in [1.807, 2.05) is 0 Å². The highest BCUT2D eigenvalue weighted by atomic mass is 32.2. The van der Waals surface area contributed by atoms with Gasteiger partial charge < -0.3 is 10.1 Å². The molecule has 10 aliphatic rings. The van der Waals surface area contributed by atoms with E-state index in [9.17, 15) is 0 Å². The standard InChI is InChI=1S/C33H35NOS/c1-2-4-23-21(3-1)29-16-35-32(23)13-26(29)19-6-9-24-28(12-19)30-17-36-33(24)14-27(30)18-5-8-22-25(11-18)20-7-10-31(22)34-15-20/h1-6,8-9,11-12,20-21,23,26-27,29-34H,7,10,13-17H2. The second kappa shape index (κ2) is 7.85. The van der Waals surface area contributed by atoms with Gasteiger partial charge in [-0.25, -0.2) is 0 Å². The SMILES string of the molecule is C1=CC2C3CC(c4ccc5c(c4)C4CSC5CC4c4ccc5c(c4)C4CCC5NC4)C(CO3)C2C=C1. The van der Waals surface area contributed by atoms with E-state index >= 15 is 0 Å². The zero-order chi connectivity index (χ0) is 23.4. The minimum Gasteiger partial charge on any atom is -0.377 e. The molecule has 2 aromatic rings. The van der Waals surface area contributed by atoms with Crippen molar-refractivity contribution in [1.82, 2.24) is 5.32 Å². The molecule has 184 valence electrons. The van der Waals surface area contributed by atoms with Gasteiger partial charge in [0.1, 0.15) is 0 Å². The molecule has 2 aromatic carbocycles. The van der Waals surface area contributed by atoms with Crippen molar-refractivity contribution in [2.24, 2.45) is 17.8 Å². The van der Waals surface area contributed by atoms with E-state index in [4.69, 9.17) is 4.74 Å². The average Bonchev–Trinajstić information content (AvgIpc) is 2.98. The maximum Gasteiger partial charge on any atom is 0.0649 e. The molecule has 10 atom stereocenters. The molecule has 3 heteroatoms. The molecule has 4 saturated heterocycles. The van der Waals surface area contributed by atoms with Crippen LogP contribution in [0.4, 0.5) is 0 Å². The van der Waals surface area contributed by atoms with Crippen molar-refractivity contribution in [2.45, 2.75) is 66.8 Å². The first-order valence-electron chi connectivity index (χ1n) is 14.4. The predicted molar refractivity (Wildman–Crippen MR) is 147 cm³/mol. The minimum absolute atomic E-state index is 0.391. The van der Waals surface area contributed by atoms with Gasteiger partial charge in [-0.05, 0) is 88.7 Å². The van der Waals surface area contributed by atoms with E-state index in [0.717, 1.165) is 12.5 Å². The van der Waals surface area contributed by atoms with Crippen molar-refractivity contribution in [3.8, 4) is 0 Å². The summed E-state index contributed by atoms with van der Waals surface area (Å²) in [5.74, 6) is 5.87. The van der Waals surface area contributed by atoms with Gasteiger partial charge >= 0.3 is 0 Å². The van der Waals surface area contributed by atoms with Crippen molar-refractivity contribution in [1.29, 1.82) is 0 Å². The highest BCUT2D eigenvalue weighted by molar-refractivity contribution is 7.99. The summed E-state index contributed by atoms with van der Waals surface area (Å²) < 4.78 is 6.31. The monoisotopic (exact) mass is 493 g/mol. The highest BCUT2D eigenvalue weighted by Crippen LogP contribution is 2.60. The van der Waals surface area contributed by atoms with Crippen LogP contribution in [0, 0.1) is 17.8 Å². The van der Waals surface area contributed by atoms with Gasteiger partial charge in [-0.1, -0.05) is 60.7 Å². The Hall–Kier alpha value is -1.81. The molecule has 5 fully saturated rings. The lowest BCUT2D eigenvalue weighted by Crippen LogP contribution is -2.50. The summed E-state index contributed by atoms with van der Waals surface area (Å²) in [6.45, 7) is 2.11. The molecular formula is C33H35NOS. The second-order valence-electron chi connectivity index (χ2n) is 12.6. The average molecular weight is 494 g/mol. The fourth-order valence-corrected chi connectivity index (χ4v) is 10.9. The first kappa shape index (κ1) is 21.2. The molecule has 6 heterocycles. The number of allylic oxidation sites excluding steroid dienone is 3. The molecule has 1 N–H and O–H groups in total. The Bertz CT molecular complexity index is 1290. The molecule has 0 spiro atoms. The van der Waals surface area contributed by atoms with Crippen LogP contribution in [0.1, 0.15) is 94.0 Å². The third kappa shape index (κ3) is 2.94. The highest BCUT2D eigenvalue weighted by Gasteiger charge is 2.49. The van der Waals surface area contributed by atoms with Crippen LogP contribution in [0.5, 0.6) is 0 Å². The smallest absolute Gasteiger partial charge is 0.0649 e. The Labute approximate surface area is 219 Å². The lowest BCUT2D eigenvalue weighted by atomic mass is 9.60. The van der Waals surface area contributed by atoms with Gasteiger partial charge in [-0.2, -0.15) is 11.8 Å². The molecule has 1 saturated carbocycles. The van der Waals surface area contributed by atoms with Gasteiger partial charge in [0.05, 0.1) is 12.7 Å². The van der Waals surface area contributed by atoms with Gasteiger partial charge in [0.25, 0.3) is 0 Å². The van der Waals surface area contributed by atoms with E-state index in [1.165, 1.54) is 38.0 Å². The quantitative estimate of drug-likeness (QED) is 0.481. The fourth-order valence-electron chi connectivity index (χ4n) is 9.33. The molecule has 10 unspecified atom stereocenters. The number of fused-ring (bicyclic) bond motifs is 6. The number of thioether (sulfide) groups is 1. The van der Waals surface area contributed by atoms with Crippen LogP contribution in [0.25, 0.3) is 0 Å². The zero-order valence-electron chi connectivity index (χ0n) is 20.8. The van der Waals surface area contributed by atoms with E-state index in [0.29, 0.717) is 52.9 Å². The van der Waals surface area contributed by atoms with Crippen molar-refractivity contribution in [3.63, 3.8) is 0 Å². The van der Waals surface area contributed by atoms with Crippen molar-refractivity contribution in [2.75, 3.05) is 18.9 Å². The molecule has 4 aliphatic carbocycles. The van der Waals surface area contributed by atoms with E-state index in [2.05, 4.69) is 77.8 Å². The molecular weight excluding hydrogens is 458 g/mol. The Morgan fingerprint density at radius 2 is 1.61 bits per heavy atom. The molecule has 2 nitrogen and oxygen atoms in total. The van der Waals surface area contributed by atoms with Crippen LogP contribution in [0.2, 0.25) is 0 Å². The van der Waals surface area contributed by atoms with Crippen LogP contribution in [-0.2, 0) is 4.74 Å². The summed E-state index contributed by atoms with van der Waals surface area (Å²) in [5, 5.41) is 4.43.